The lowest BCUT2D eigenvalue weighted by molar-refractivity contribution is 0.281. The molecule has 0 bridgehead atoms. The SMILES string of the molecule is Cc1c(O)cc(CO)cc1Cl. The molecule has 0 saturated heterocycles. The summed E-state index contributed by atoms with van der Waals surface area (Å²) in [5.41, 5.74) is 1.27. The maximum absolute atomic E-state index is 9.22. The lowest BCUT2D eigenvalue weighted by atomic mass is 10.1. The molecular weight excluding hydrogens is 164 g/mol. The Morgan fingerprint density at radius 3 is 2.55 bits per heavy atom. The average Bonchev–Trinajstić information content (AvgIpc) is 1.99. The minimum absolute atomic E-state index is 0.104. The zero-order valence-corrected chi connectivity index (χ0v) is 6.89. The third-order valence-corrected chi connectivity index (χ3v) is 1.95. The van der Waals surface area contributed by atoms with Crippen molar-refractivity contribution in [1.82, 2.24) is 0 Å². The van der Waals surface area contributed by atoms with Crippen molar-refractivity contribution >= 4 is 11.6 Å². The summed E-state index contributed by atoms with van der Waals surface area (Å²) in [7, 11) is 0. The number of aliphatic hydroxyl groups is 1. The summed E-state index contributed by atoms with van der Waals surface area (Å²) < 4.78 is 0. The van der Waals surface area contributed by atoms with Gasteiger partial charge in [0.15, 0.2) is 0 Å². The predicted molar refractivity (Wildman–Crippen MR) is 43.8 cm³/mol. The average molecular weight is 173 g/mol. The minimum atomic E-state index is -0.104. The number of aliphatic hydroxyl groups excluding tert-OH is 1. The quantitative estimate of drug-likeness (QED) is 0.679. The van der Waals surface area contributed by atoms with Crippen LogP contribution in [0.15, 0.2) is 12.1 Å². The van der Waals surface area contributed by atoms with Gasteiger partial charge < -0.3 is 10.2 Å². The molecule has 0 aliphatic carbocycles. The van der Waals surface area contributed by atoms with Crippen molar-refractivity contribution in [3.63, 3.8) is 0 Å². The highest BCUT2D eigenvalue weighted by molar-refractivity contribution is 6.31. The van der Waals surface area contributed by atoms with Crippen LogP contribution in [0.2, 0.25) is 5.02 Å². The number of phenols is 1. The van der Waals surface area contributed by atoms with E-state index in [-0.39, 0.29) is 12.4 Å². The summed E-state index contributed by atoms with van der Waals surface area (Å²) in [6.07, 6.45) is 0. The van der Waals surface area contributed by atoms with Gasteiger partial charge in [-0.25, -0.2) is 0 Å². The van der Waals surface area contributed by atoms with Crippen LogP contribution >= 0.6 is 11.6 Å². The first-order valence-corrected chi connectivity index (χ1v) is 3.62. The molecule has 0 fully saturated rings. The van der Waals surface area contributed by atoms with E-state index in [4.69, 9.17) is 16.7 Å². The smallest absolute Gasteiger partial charge is 0.120 e. The van der Waals surface area contributed by atoms with E-state index in [0.29, 0.717) is 16.1 Å². The lowest BCUT2D eigenvalue weighted by Crippen LogP contribution is -1.85. The van der Waals surface area contributed by atoms with Gasteiger partial charge in [-0.05, 0) is 24.6 Å². The largest absolute Gasteiger partial charge is 0.508 e. The number of hydrogen-bond donors (Lipinski definition) is 2. The molecule has 0 saturated carbocycles. The van der Waals surface area contributed by atoms with Gasteiger partial charge in [0.1, 0.15) is 5.75 Å². The molecule has 2 N–H and O–H groups in total. The molecule has 1 aromatic rings. The molecule has 0 atom stereocenters. The first-order chi connectivity index (χ1) is 5.15. The summed E-state index contributed by atoms with van der Waals surface area (Å²) in [6.45, 7) is 1.62. The number of hydrogen-bond acceptors (Lipinski definition) is 2. The maximum atomic E-state index is 9.22. The van der Waals surface area contributed by atoms with Gasteiger partial charge in [-0.15, -0.1) is 0 Å². The van der Waals surface area contributed by atoms with Crippen LogP contribution in [-0.2, 0) is 6.61 Å². The van der Waals surface area contributed by atoms with Gasteiger partial charge >= 0.3 is 0 Å². The van der Waals surface area contributed by atoms with E-state index >= 15 is 0 Å². The fraction of sp³-hybridized carbons (Fsp3) is 0.250. The molecule has 11 heavy (non-hydrogen) atoms. The zero-order chi connectivity index (χ0) is 8.43. The van der Waals surface area contributed by atoms with E-state index in [1.165, 1.54) is 6.07 Å². The number of rotatable bonds is 1. The van der Waals surface area contributed by atoms with Crippen LogP contribution in [-0.4, -0.2) is 10.2 Å². The molecule has 0 unspecified atom stereocenters. The van der Waals surface area contributed by atoms with Crippen LogP contribution < -0.4 is 0 Å². The number of aromatic hydroxyl groups is 1. The summed E-state index contributed by atoms with van der Waals surface area (Å²) in [5, 5.41) is 18.4. The van der Waals surface area contributed by atoms with Gasteiger partial charge in [-0.3, -0.25) is 0 Å². The molecule has 3 heteroatoms. The van der Waals surface area contributed by atoms with Crippen molar-refractivity contribution in [3.05, 3.63) is 28.3 Å². The van der Waals surface area contributed by atoms with Gasteiger partial charge in [0, 0.05) is 10.6 Å². The van der Waals surface area contributed by atoms with Gasteiger partial charge in [0.2, 0.25) is 0 Å². The van der Waals surface area contributed by atoms with Gasteiger partial charge in [-0.1, -0.05) is 11.6 Å². The molecule has 60 valence electrons. The third-order valence-electron chi connectivity index (χ3n) is 1.56. The first-order valence-electron chi connectivity index (χ1n) is 3.24. The van der Waals surface area contributed by atoms with Crippen LogP contribution in [0.5, 0.6) is 5.75 Å². The van der Waals surface area contributed by atoms with Crippen LogP contribution in [0.25, 0.3) is 0 Å². The zero-order valence-electron chi connectivity index (χ0n) is 6.13. The summed E-state index contributed by atoms with van der Waals surface area (Å²) in [4.78, 5) is 0. The van der Waals surface area contributed by atoms with Gasteiger partial charge in [0.05, 0.1) is 6.61 Å². The summed E-state index contributed by atoms with van der Waals surface area (Å²) in [6, 6.07) is 3.14. The van der Waals surface area contributed by atoms with Crippen molar-refractivity contribution in [2.45, 2.75) is 13.5 Å². The summed E-state index contributed by atoms with van der Waals surface area (Å²) in [5.74, 6) is 0.126. The molecule has 0 heterocycles. The Morgan fingerprint density at radius 1 is 1.45 bits per heavy atom. The van der Waals surface area contributed by atoms with Crippen LogP contribution in [0, 0.1) is 6.92 Å². The highest BCUT2D eigenvalue weighted by Gasteiger charge is 2.02. The summed E-state index contributed by atoms with van der Waals surface area (Å²) >= 11 is 5.73. The monoisotopic (exact) mass is 172 g/mol. The van der Waals surface area contributed by atoms with Crippen molar-refractivity contribution in [3.8, 4) is 5.75 Å². The van der Waals surface area contributed by atoms with Crippen LogP contribution in [0.3, 0.4) is 0 Å². The highest BCUT2D eigenvalue weighted by Crippen LogP contribution is 2.26. The van der Waals surface area contributed by atoms with E-state index < -0.39 is 0 Å². The molecular formula is C8H9ClO2. The molecule has 0 aromatic heterocycles. The van der Waals surface area contributed by atoms with Crippen LogP contribution in [0.1, 0.15) is 11.1 Å². The number of benzene rings is 1. The molecule has 1 aromatic carbocycles. The maximum Gasteiger partial charge on any atom is 0.120 e. The highest BCUT2D eigenvalue weighted by atomic mass is 35.5. The van der Waals surface area contributed by atoms with Crippen molar-refractivity contribution in [1.29, 1.82) is 0 Å². The van der Waals surface area contributed by atoms with Crippen LogP contribution in [0.4, 0.5) is 0 Å². The number of halogens is 1. The standard InChI is InChI=1S/C8H9ClO2/c1-5-7(9)2-6(4-10)3-8(5)11/h2-3,10-11H,4H2,1H3. The predicted octanol–water partition coefficient (Wildman–Crippen LogP) is 1.85. The molecule has 0 radical (unpaired) electrons. The Kier molecular flexibility index (Phi) is 2.37. The lowest BCUT2D eigenvalue weighted by Gasteiger charge is -2.03. The number of phenolic OH excluding ortho intramolecular Hbond substituents is 1. The van der Waals surface area contributed by atoms with Crippen molar-refractivity contribution < 1.29 is 10.2 Å². The topological polar surface area (TPSA) is 40.5 Å². The molecule has 0 spiro atoms. The second kappa shape index (κ2) is 3.11. The van der Waals surface area contributed by atoms with E-state index in [0.717, 1.165) is 0 Å². The van der Waals surface area contributed by atoms with Crippen molar-refractivity contribution in [2.75, 3.05) is 0 Å². The second-order valence-corrected chi connectivity index (χ2v) is 2.79. The Morgan fingerprint density at radius 2 is 2.09 bits per heavy atom. The third kappa shape index (κ3) is 1.64. The van der Waals surface area contributed by atoms with Gasteiger partial charge in [-0.2, -0.15) is 0 Å². The Bertz CT molecular complexity index is 248. The molecule has 0 aliphatic heterocycles. The van der Waals surface area contributed by atoms with E-state index in [2.05, 4.69) is 0 Å². The molecule has 0 amide bonds. The van der Waals surface area contributed by atoms with E-state index in [1.54, 1.807) is 13.0 Å². The fourth-order valence-electron chi connectivity index (χ4n) is 0.810. The van der Waals surface area contributed by atoms with Gasteiger partial charge in [0.25, 0.3) is 0 Å². The van der Waals surface area contributed by atoms with E-state index in [1.807, 2.05) is 0 Å². The normalized spacial score (nSPS) is 10.1. The van der Waals surface area contributed by atoms with E-state index in [9.17, 15) is 5.11 Å². The Hall–Kier alpha value is -0.730. The Labute approximate surface area is 70.1 Å². The van der Waals surface area contributed by atoms with Crippen molar-refractivity contribution in [2.24, 2.45) is 0 Å². The second-order valence-electron chi connectivity index (χ2n) is 2.38. The molecule has 2 nitrogen and oxygen atoms in total. The fourth-order valence-corrected chi connectivity index (χ4v) is 1.05. The Balaban J connectivity index is 3.21. The first kappa shape index (κ1) is 8.37. The molecule has 0 aliphatic rings. The minimum Gasteiger partial charge on any atom is -0.508 e. The molecule has 1 rings (SSSR count).